The van der Waals surface area contributed by atoms with Gasteiger partial charge in [0.2, 0.25) is 0 Å². The first-order valence-corrected chi connectivity index (χ1v) is 10.0. The van der Waals surface area contributed by atoms with Crippen LogP contribution in [0.4, 0.5) is 0 Å². The minimum atomic E-state index is 0.580. The Hall–Kier alpha value is -2.99. The van der Waals surface area contributed by atoms with Gasteiger partial charge in [-0.2, -0.15) is 5.26 Å². The second-order valence-electron chi connectivity index (χ2n) is 6.87. The van der Waals surface area contributed by atoms with Crippen molar-refractivity contribution in [3.05, 3.63) is 105 Å². The summed E-state index contributed by atoms with van der Waals surface area (Å²) in [6, 6.07) is 25.8. The standard InChI is InChI=1S/C25H18Cl2N2/c1-17-23(14-20(15-28)18-8-6-9-21(26)13-18)22-10-3-5-12-25(22)29(17)16-19-7-2-4-11-24(19)27/h2-14H,16H2,1H3/b20-14+. The number of hydrogen-bond acceptors (Lipinski definition) is 1. The summed E-state index contributed by atoms with van der Waals surface area (Å²) >= 11 is 12.5. The molecule has 0 radical (unpaired) electrons. The van der Waals surface area contributed by atoms with Gasteiger partial charge < -0.3 is 4.57 Å². The van der Waals surface area contributed by atoms with E-state index in [1.807, 2.05) is 60.7 Å². The van der Waals surface area contributed by atoms with E-state index in [1.54, 1.807) is 6.07 Å². The second-order valence-corrected chi connectivity index (χ2v) is 7.72. The molecule has 0 N–H and O–H groups in total. The second kappa shape index (κ2) is 8.17. The molecule has 142 valence electrons. The van der Waals surface area contributed by atoms with E-state index >= 15 is 0 Å². The normalized spacial score (nSPS) is 11.6. The van der Waals surface area contributed by atoms with Crippen LogP contribution in [0.1, 0.15) is 22.4 Å². The van der Waals surface area contributed by atoms with E-state index in [0.717, 1.165) is 38.3 Å². The van der Waals surface area contributed by atoms with E-state index in [1.165, 1.54) is 0 Å². The maximum atomic E-state index is 9.79. The Labute approximate surface area is 180 Å². The molecular weight excluding hydrogens is 399 g/mol. The summed E-state index contributed by atoms with van der Waals surface area (Å²) in [5.41, 5.74) is 5.67. The van der Waals surface area contributed by atoms with Crippen molar-refractivity contribution in [1.82, 2.24) is 4.57 Å². The van der Waals surface area contributed by atoms with Crippen LogP contribution in [-0.2, 0) is 6.54 Å². The fraction of sp³-hybridized carbons (Fsp3) is 0.0800. The van der Waals surface area contributed by atoms with Crippen LogP contribution in [0.5, 0.6) is 0 Å². The molecule has 0 atom stereocenters. The van der Waals surface area contributed by atoms with Crippen molar-refractivity contribution in [2.24, 2.45) is 0 Å². The zero-order chi connectivity index (χ0) is 20.4. The molecular formula is C25H18Cl2N2. The molecule has 0 aliphatic carbocycles. The van der Waals surface area contributed by atoms with Gasteiger partial charge in [0, 0.05) is 38.8 Å². The Bertz CT molecular complexity index is 1280. The number of nitrogens with zero attached hydrogens (tertiary/aromatic N) is 2. The van der Waals surface area contributed by atoms with Gasteiger partial charge in [-0.1, -0.05) is 71.7 Å². The predicted molar refractivity (Wildman–Crippen MR) is 122 cm³/mol. The number of benzene rings is 3. The van der Waals surface area contributed by atoms with Gasteiger partial charge in [-0.3, -0.25) is 0 Å². The van der Waals surface area contributed by atoms with Crippen molar-refractivity contribution in [3.63, 3.8) is 0 Å². The van der Waals surface area contributed by atoms with E-state index in [2.05, 4.69) is 29.7 Å². The van der Waals surface area contributed by atoms with Gasteiger partial charge in [0.25, 0.3) is 0 Å². The average Bonchev–Trinajstić information content (AvgIpc) is 2.99. The monoisotopic (exact) mass is 416 g/mol. The lowest BCUT2D eigenvalue weighted by atomic mass is 10.0. The molecule has 0 spiro atoms. The Kier molecular flexibility index (Phi) is 5.45. The summed E-state index contributed by atoms with van der Waals surface area (Å²) in [6.45, 7) is 2.74. The van der Waals surface area contributed by atoms with E-state index in [-0.39, 0.29) is 0 Å². The van der Waals surface area contributed by atoms with Crippen molar-refractivity contribution in [2.45, 2.75) is 13.5 Å². The SMILES string of the molecule is Cc1c(/C=C(\C#N)c2cccc(Cl)c2)c2ccccc2n1Cc1ccccc1Cl. The van der Waals surface area contributed by atoms with Gasteiger partial charge >= 0.3 is 0 Å². The molecule has 1 aromatic heterocycles. The smallest absolute Gasteiger partial charge is 0.0998 e. The molecule has 1 heterocycles. The molecule has 29 heavy (non-hydrogen) atoms. The molecule has 0 aliphatic rings. The van der Waals surface area contributed by atoms with Crippen LogP contribution in [0, 0.1) is 18.3 Å². The first kappa shape index (κ1) is 19.3. The highest BCUT2D eigenvalue weighted by atomic mass is 35.5. The number of halogens is 2. The van der Waals surface area contributed by atoms with E-state index in [0.29, 0.717) is 17.1 Å². The highest BCUT2D eigenvalue weighted by Crippen LogP contribution is 2.31. The summed E-state index contributed by atoms with van der Waals surface area (Å²) in [7, 11) is 0. The van der Waals surface area contributed by atoms with E-state index in [9.17, 15) is 5.26 Å². The Morgan fingerprint density at radius 3 is 2.52 bits per heavy atom. The summed E-state index contributed by atoms with van der Waals surface area (Å²) in [5.74, 6) is 0. The lowest BCUT2D eigenvalue weighted by molar-refractivity contribution is 0.804. The van der Waals surface area contributed by atoms with Gasteiger partial charge in [0.05, 0.1) is 11.6 Å². The van der Waals surface area contributed by atoms with Crippen molar-refractivity contribution >= 4 is 45.8 Å². The van der Waals surface area contributed by atoms with E-state index < -0.39 is 0 Å². The molecule has 0 saturated heterocycles. The van der Waals surface area contributed by atoms with Crippen LogP contribution < -0.4 is 0 Å². The minimum absolute atomic E-state index is 0.580. The van der Waals surface area contributed by atoms with Crippen LogP contribution in [0.3, 0.4) is 0 Å². The van der Waals surface area contributed by atoms with E-state index in [4.69, 9.17) is 23.2 Å². The number of allylic oxidation sites excluding steroid dienone is 1. The number of hydrogen-bond donors (Lipinski definition) is 0. The van der Waals surface area contributed by atoms with Gasteiger partial charge in [-0.15, -0.1) is 0 Å². The fourth-order valence-electron chi connectivity index (χ4n) is 3.62. The lowest BCUT2D eigenvalue weighted by Gasteiger charge is -2.10. The third kappa shape index (κ3) is 3.80. The number of para-hydroxylation sites is 1. The van der Waals surface area contributed by atoms with Crippen LogP contribution >= 0.6 is 23.2 Å². The molecule has 0 bridgehead atoms. The Morgan fingerprint density at radius 2 is 1.76 bits per heavy atom. The first-order valence-electron chi connectivity index (χ1n) is 9.27. The third-order valence-electron chi connectivity index (χ3n) is 5.11. The molecule has 0 aliphatic heterocycles. The van der Waals surface area contributed by atoms with Gasteiger partial charge in [0.15, 0.2) is 0 Å². The number of aromatic nitrogens is 1. The summed E-state index contributed by atoms with van der Waals surface area (Å²) < 4.78 is 2.25. The fourth-order valence-corrected chi connectivity index (χ4v) is 4.01. The quantitative estimate of drug-likeness (QED) is 0.319. The molecule has 0 amide bonds. The highest BCUT2D eigenvalue weighted by Gasteiger charge is 2.15. The molecule has 0 saturated carbocycles. The number of fused-ring (bicyclic) bond motifs is 1. The lowest BCUT2D eigenvalue weighted by Crippen LogP contribution is -2.02. The average molecular weight is 417 g/mol. The molecule has 4 rings (SSSR count). The van der Waals surface area contributed by atoms with Crippen LogP contribution in [0.2, 0.25) is 10.0 Å². The number of nitriles is 1. The number of rotatable bonds is 4. The third-order valence-corrected chi connectivity index (χ3v) is 5.71. The van der Waals surface area contributed by atoms with Gasteiger partial charge in [0.1, 0.15) is 0 Å². The van der Waals surface area contributed by atoms with Crippen molar-refractivity contribution in [3.8, 4) is 6.07 Å². The zero-order valence-corrected chi connectivity index (χ0v) is 17.4. The van der Waals surface area contributed by atoms with Crippen molar-refractivity contribution in [1.29, 1.82) is 5.26 Å². The maximum absolute atomic E-state index is 9.79. The minimum Gasteiger partial charge on any atom is -0.340 e. The van der Waals surface area contributed by atoms with Crippen molar-refractivity contribution < 1.29 is 0 Å². The first-order chi connectivity index (χ1) is 14.1. The Morgan fingerprint density at radius 1 is 1.00 bits per heavy atom. The van der Waals surface area contributed by atoms with Gasteiger partial charge in [-0.25, -0.2) is 0 Å². The van der Waals surface area contributed by atoms with Crippen LogP contribution in [0.15, 0.2) is 72.8 Å². The summed E-state index contributed by atoms with van der Waals surface area (Å²) in [4.78, 5) is 0. The largest absolute Gasteiger partial charge is 0.340 e. The van der Waals surface area contributed by atoms with Crippen molar-refractivity contribution in [2.75, 3.05) is 0 Å². The zero-order valence-electron chi connectivity index (χ0n) is 15.9. The maximum Gasteiger partial charge on any atom is 0.0998 e. The molecule has 4 aromatic rings. The predicted octanol–water partition coefficient (Wildman–Crippen LogP) is 7.37. The molecule has 2 nitrogen and oxygen atoms in total. The topological polar surface area (TPSA) is 28.7 Å². The Balaban J connectivity index is 1.89. The van der Waals surface area contributed by atoms with Crippen LogP contribution in [0.25, 0.3) is 22.6 Å². The van der Waals surface area contributed by atoms with Crippen LogP contribution in [-0.4, -0.2) is 4.57 Å². The molecule has 0 fully saturated rings. The molecule has 3 aromatic carbocycles. The summed E-state index contributed by atoms with van der Waals surface area (Å²) in [5, 5.41) is 12.3. The molecule has 0 unspecified atom stereocenters. The van der Waals surface area contributed by atoms with Gasteiger partial charge in [-0.05, 0) is 48.4 Å². The highest BCUT2D eigenvalue weighted by molar-refractivity contribution is 6.31. The molecule has 4 heteroatoms. The summed E-state index contributed by atoms with van der Waals surface area (Å²) in [6.07, 6.45) is 1.95.